The summed E-state index contributed by atoms with van der Waals surface area (Å²) in [5, 5.41) is 91.1. The summed E-state index contributed by atoms with van der Waals surface area (Å²) >= 11 is 30.2. The number of carbonyl (C=O) groups is 2. The second-order valence-corrected chi connectivity index (χ2v) is 31.5. The Morgan fingerprint density at radius 3 is 1.31 bits per heavy atom. The molecule has 48 nitrogen and oxygen atoms in total. The van der Waals surface area contributed by atoms with Crippen LogP contribution >= 0.6 is 58.0 Å². The molecule has 0 aliphatic heterocycles. The number of hydrogen-bond donors (Lipinski definition) is 10. The number of carbonyl (C=O) groups excluding carboxylic acids is 2. The van der Waals surface area contributed by atoms with Gasteiger partial charge in [0.25, 0.3) is 16.9 Å². The second kappa shape index (κ2) is 56.6. The highest BCUT2D eigenvalue weighted by Crippen LogP contribution is 2.37. The van der Waals surface area contributed by atoms with Crippen molar-refractivity contribution in [1.29, 1.82) is 0 Å². The molecule has 0 atom stereocenters. The number of fused-ring (bicyclic) bond motifs is 5. The normalized spacial score (nSPS) is 10.3. The zero-order valence-corrected chi connectivity index (χ0v) is 85.4. The Labute approximate surface area is 863 Å². The highest BCUT2D eigenvalue weighted by atomic mass is 35.5. The summed E-state index contributed by atoms with van der Waals surface area (Å²) in [7, 11) is 3.31. The molecule has 0 spiro atoms. The van der Waals surface area contributed by atoms with E-state index in [9.17, 15) is 59.9 Å². The fourth-order valence-corrected chi connectivity index (χ4v) is 13.2. The van der Waals surface area contributed by atoms with Crippen LogP contribution in [-0.2, 0) is 32.2 Å². The number of aromatic nitrogens is 17. The fraction of sp³-hybridized carbons (Fsp3) is 0.245. The van der Waals surface area contributed by atoms with Gasteiger partial charge in [-0.15, -0.1) is 0 Å². The van der Waals surface area contributed by atoms with Gasteiger partial charge in [0.15, 0.2) is 40.0 Å². The Morgan fingerprint density at radius 2 is 0.864 bits per heavy atom. The van der Waals surface area contributed by atoms with Crippen molar-refractivity contribution in [2.24, 2.45) is 11.7 Å². The summed E-state index contributed by atoms with van der Waals surface area (Å²) in [5.74, 6) is 3.66. The van der Waals surface area contributed by atoms with E-state index in [0.717, 1.165) is 45.2 Å². The number of nitro groups is 4. The quantitative estimate of drug-likeness (QED) is 0.00601. The minimum atomic E-state index is -0.815. The van der Waals surface area contributed by atoms with Gasteiger partial charge in [-0.05, 0) is 173 Å². The third kappa shape index (κ3) is 32.4. The van der Waals surface area contributed by atoms with E-state index in [4.69, 9.17) is 109 Å². The summed E-state index contributed by atoms with van der Waals surface area (Å²) < 4.78 is 47.8. The first-order valence-electron chi connectivity index (χ1n) is 44.2. The lowest BCUT2D eigenvalue weighted by molar-refractivity contribution is -0.385. The number of halogens is 5. The van der Waals surface area contributed by atoms with E-state index in [1.165, 1.54) is 61.0 Å². The van der Waals surface area contributed by atoms with Crippen LogP contribution in [0, 0.1) is 81.0 Å². The van der Waals surface area contributed by atoms with E-state index in [-0.39, 0.29) is 70.2 Å². The molecule has 14 N–H and O–H groups in total. The first kappa shape index (κ1) is 115. The van der Waals surface area contributed by atoms with Crippen molar-refractivity contribution in [1.82, 2.24) is 83.2 Å². The number of nitrogens with zero attached hydrogens (tertiary/aromatic N) is 19. The first-order valence-corrected chi connectivity index (χ1v) is 46.1. The first-order chi connectivity index (χ1) is 70.3. The number of ether oxygens (including phenoxy) is 8. The number of benzene rings is 6. The molecule has 147 heavy (non-hydrogen) atoms. The monoisotopic (exact) mass is 2120 g/mol. The third-order valence-electron chi connectivity index (χ3n) is 19.8. The van der Waals surface area contributed by atoms with Crippen LogP contribution in [0.3, 0.4) is 0 Å². The molecule has 6 aromatic carbocycles. The van der Waals surface area contributed by atoms with Crippen LogP contribution in [0.15, 0.2) is 200 Å². The van der Waals surface area contributed by atoms with E-state index < -0.39 is 37.5 Å². The maximum absolute atomic E-state index is 11.4. The maximum Gasteiger partial charge on any atom is 0.320 e. The predicted molar refractivity (Wildman–Crippen MR) is 557 cm³/mol. The minimum Gasteiger partial charge on any atom is -0.497 e. The molecule has 11 heterocycles. The number of esters is 2. The van der Waals surface area contributed by atoms with Gasteiger partial charge < -0.3 is 86.9 Å². The predicted octanol–water partition coefficient (Wildman–Crippen LogP) is 18.2. The zero-order chi connectivity index (χ0) is 108. The van der Waals surface area contributed by atoms with E-state index >= 15 is 0 Å². The van der Waals surface area contributed by atoms with Crippen molar-refractivity contribution in [3.63, 3.8) is 0 Å². The van der Waals surface area contributed by atoms with Gasteiger partial charge in [-0.2, -0.15) is 48.7 Å². The number of nitro benzene ring substituents is 4. The van der Waals surface area contributed by atoms with Gasteiger partial charge in [0.05, 0.1) is 128 Å². The molecule has 11 aromatic heterocycles. The lowest BCUT2D eigenvalue weighted by atomic mass is 10.2. The molecule has 0 aliphatic rings. The van der Waals surface area contributed by atoms with Crippen molar-refractivity contribution in [2.45, 2.75) is 96.2 Å². The summed E-state index contributed by atoms with van der Waals surface area (Å²) in [4.78, 5) is 93.9. The van der Waals surface area contributed by atoms with Crippen LogP contribution in [0.2, 0.25) is 25.8 Å². The van der Waals surface area contributed by atoms with E-state index in [2.05, 4.69) is 86.0 Å². The standard InChI is InChI=1S/2C15H14ClN5O3.C15H15ClN4O.2C8H10N2O3.C8H11NO.C8H14O4.C7H5Cl2N3.C7H7N3O2.C3H5N3/c1-3-24-12-5-4-10(8-11(12)21(22)23)18-15-9(2)14(16)19-13-6-7-17-20(13)15;1-3-24-10-4-5-11(12(8-10)21(22)23)18-15-9(2)14(16)19-13-6-7-17-20(13)15;1-10-14(16)19-13-7-8-18-20(13)15(10)17-9-11-3-5-12(21-2)6-4-11;1-2-13-8-4-3-6(9)5-7(8)10(11)12;1-2-13-6-3-4-7(9)8(5-6)10(11)12;1-10-8-4-2-7(6-9)3-5-8;1-4-11-7(9)6(3)8(10)12-5-2;1-4-6(8)11-5-2-3-10-12(5)7(4)9;1-4-6(11)9-5-2-3-8-10(5)7(4)12;4-3-1-2-5-6-3/h2*4-8,18H,3H2,1-2H3;3-8,17H,9H2,1-2H3;2*3-5H,2,9H2,1H3;2-5H,6,9H2,1H3;6H,4-5H2,1-3H3;2-3H,1H3;2-3,12H,1H3,(H,9,11);1-2H,(H3,4,5,6). The van der Waals surface area contributed by atoms with Crippen molar-refractivity contribution in [3.8, 4) is 40.4 Å². The fourth-order valence-electron chi connectivity index (χ4n) is 12.3. The van der Waals surface area contributed by atoms with Crippen LogP contribution in [0.5, 0.6) is 40.4 Å². The molecule has 53 heteroatoms. The summed E-state index contributed by atoms with van der Waals surface area (Å²) in [6.45, 7) is 24.3. The SMILES string of the molecule is CCOC(=O)C(C)C(=O)OCC.CCOc1ccc(N)c([N+](=O)[O-])c1.CCOc1ccc(N)cc1[N+](=O)[O-].CCOc1ccc(Nc2c(C)c(Cl)nc3ccnn23)c([N+](=O)[O-])c1.CCOc1ccc(Nc2c(C)c(Cl)nc3ccnn23)cc1[N+](=O)[O-].COc1ccc(CN)cc1.COc1ccc(CNc2c(C)c(Cl)nc3ccnn23)cc1.Cc1c(Cl)nc2ccnn2c1Cl.Cc1c(O)n2nccc2[nH]c1=O.Nc1ccn[nH]1. The number of anilines is 8. The molecule has 17 aromatic rings. The van der Waals surface area contributed by atoms with Gasteiger partial charge >= 0.3 is 23.3 Å². The van der Waals surface area contributed by atoms with Gasteiger partial charge in [-0.1, -0.05) is 82.3 Å². The molecule has 17 rings (SSSR count). The Kier molecular flexibility index (Phi) is 44.3. The molecular formula is C94H105Cl5N28O20. The van der Waals surface area contributed by atoms with Gasteiger partial charge in [0.1, 0.15) is 89.1 Å². The van der Waals surface area contributed by atoms with Gasteiger partial charge in [-0.3, -0.25) is 59.9 Å². The average molecular weight is 2120 g/mol. The van der Waals surface area contributed by atoms with Crippen molar-refractivity contribution in [2.75, 3.05) is 87.0 Å². The van der Waals surface area contributed by atoms with Crippen LogP contribution in [0.1, 0.15) is 87.4 Å². The van der Waals surface area contributed by atoms with E-state index in [1.807, 2.05) is 75.4 Å². The number of H-pyrrole nitrogens is 2. The number of aromatic hydroxyl groups is 1. The number of aromatic amines is 2. The Morgan fingerprint density at radius 1 is 0.449 bits per heavy atom. The van der Waals surface area contributed by atoms with Crippen LogP contribution < -0.4 is 72.9 Å². The Hall–Kier alpha value is -17.2. The molecule has 776 valence electrons. The van der Waals surface area contributed by atoms with Crippen LogP contribution in [0.25, 0.3) is 28.2 Å². The topological polar surface area (TPSA) is 641 Å². The molecule has 0 bridgehead atoms. The molecule has 0 radical (unpaired) electrons. The molecule has 0 unspecified atom stereocenters. The van der Waals surface area contributed by atoms with Gasteiger partial charge in [0.2, 0.25) is 5.88 Å². The molecular weight excluding hydrogens is 2020 g/mol. The molecule has 0 fully saturated rings. The zero-order valence-electron chi connectivity index (χ0n) is 81.6. The summed E-state index contributed by atoms with van der Waals surface area (Å²) in [6, 6.07) is 44.0. The molecule has 0 amide bonds. The summed E-state index contributed by atoms with van der Waals surface area (Å²) in [5.41, 5.74) is 30.4. The highest BCUT2D eigenvalue weighted by molar-refractivity contribution is 6.35. The lowest BCUT2D eigenvalue weighted by Gasteiger charge is -2.13. The number of hydrogen-bond acceptors (Lipinski definition) is 37. The molecule has 0 saturated heterocycles. The Bertz CT molecular complexity index is 7340. The highest BCUT2D eigenvalue weighted by Gasteiger charge is 2.26. The lowest BCUT2D eigenvalue weighted by Crippen LogP contribution is -2.25. The molecule has 0 aliphatic carbocycles. The summed E-state index contributed by atoms with van der Waals surface area (Å²) in [6.07, 6.45) is 9.63. The van der Waals surface area contributed by atoms with Gasteiger partial charge in [-0.25, -0.2) is 24.5 Å². The van der Waals surface area contributed by atoms with Crippen molar-refractivity contribution < 1.29 is 72.3 Å². The number of nitrogen functional groups attached to an aromatic ring is 3. The number of nitrogens with two attached hydrogens (primary N) is 4. The van der Waals surface area contributed by atoms with Crippen LogP contribution in [-0.4, -0.2) is 174 Å². The number of methoxy groups -OCH3 is 2. The largest absolute Gasteiger partial charge is 0.497 e. The van der Waals surface area contributed by atoms with Crippen LogP contribution in [0.4, 0.5) is 68.8 Å². The van der Waals surface area contributed by atoms with Gasteiger partial charge in [0, 0.05) is 89.2 Å². The van der Waals surface area contributed by atoms with E-state index in [1.54, 1.807) is 178 Å². The minimum absolute atomic E-state index is 0.0955. The Balaban J connectivity index is 0.000000203. The van der Waals surface area contributed by atoms with E-state index in [0.29, 0.717) is 145 Å². The van der Waals surface area contributed by atoms with Crippen molar-refractivity contribution >= 4 is 167 Å². The third-order valence-corrected chi connectivity index (χ3v) is 21.7. The maximum atomic E-state index is 11.4. The molecule has 0 saturated carbocycles. The smallest absolute Gasteiger partial charge is 0.320 e. The van der Waals surface area contributed by atoms with Crippen molar-refractivity contribution in [3.05, 3.63) is 310 Å². The number of nitrogens with one attached hydrogen (secondary N) is 5. The second-order valence-electron chi connectivity index (χ2n) is 29.7. The average Bonchev–Trinajstić information content (AvgIpc) is 1.72. The number of rotatable bonds is 26.